The Morgan fingerprint density at radius 3 is 2.45 bits per heavy atom. The Labute approximate surface area is 166 Å². The second-order valence-electron chi connectivity index (χ2n) is 6.86. The Hall–Kier alpha value is -3.43. The van der Waals surface area contributed by atoms with Crippen molar-refractivity contribution in [3.05, 3.63) is 51.6 Å². The third-order valence-electron chi connectivity index (χ3n) is 4.71. The lowest BCUT2D eigenvalue weighted by atomic mass is 9.78. The lowest BCUT2D eigenvalue weighted by Gasteiger charge is -2.42. The molecule has 1 aliphatic rings. The number of nitrogens with zero attached hydrogens (tertiary/aromatic N) is 1. The summed E-state index contributed by atoms with van der Waals surface area (Å²) in [6.45, 7) is 4.65. The van der Waals surface area contributed by atoms with Crippen molar-refractivity contribution >= 4 is 23.7 Å². The molecule has 156 valence electrons. The predicted molar refractivity (Wildman–Crippen MR) is 99.8 cm³/mol. The summed E-state index contributed by atoms with van der Waals surface area (Å²) in [6, 6.07) is 5.15. The summed E-state index contributed by atoms with van der Waals surface area (Å²) in [4.78, 5) is 44.9. The van der Waals surface area contributed by atoms with Crippen LogP contribution in [0.1, 0.15) is 26.3 Å². The van der Waals surface area contributed by atoms with Crippen LogP contribution in [-0.4, -0.2) is 40.2 Å². The van der Waals surface area contributed by atoms with Gasteiger partial charge in [-0.3, -0.25) is 14.9 Å². The number of carboxylic acid groups (broad SMARTS) is 1. The van der Waals surface area contributed by atoms with Crippen molar-refractivity contribution in [2.75, 3.05) is 0 Å². The van der Waals surface area contributed by atoms with Gasteiger partial charge in [-0.25, -0.2) is 9.59 Å². The Kier molecular flexibility index (Phi) is 6.92. The van der Waals surface area contributed by atoms with Crippen LogP contribution in [0.15, 0.2) is 35.9 Å². The highest BCUT2D eigenvalue weighted by Gasteiger charge is 2.46. The minimum absolute atomic E-state index is 0.0757. The normalized spacial score (nSPS) is 20.7. The number of β-lactam (4-membered cyclic amide) rings is 1. The van der Waals surface area contributed by atoms with Gasteiger partial charge in [0.2, 0.25) is 5.91 Å². The van der Waals surface area contributed by atoms with Crippen molar-refractivity contribution in [1.29, 1.82) is 0 Å². The second kappa shape index (κ2) is 9.18. The number of ether oxygens (including phenoxy) is 2. The number of carbonyl (C=O) groups excluding carboxylic acids is 2. The number of nitro benzene ring substituents is 1. The van der Waals surface area contributed by atoms with Crippen LogP contribution in [0, 0.1) is 22.0 Å². The van der Waals surface area contributed by atoms with E-state index in [1.54, 1.807) is 19.9 Å². The van der Waals surface area contributed by atoms with E-state index in [-0.39, 0.29) is 35.7 Å². The zero-order valence-electron chi connectivity index (χ0n) is 16.2. The standard InChI is InChI=1S/C19H22N2O8/c1-10(8-11(2)18(23)24)16-15(17(22)20-16)12(3)29-19(25)28-9-13-4-6-14(7-5-13)21(26)27/h4-8,10,12,15-16H,9H2,1-3H3,(H,20,22)(H,23,24). The summed E-state index contributed by atoms with van der Waals surface area (Å²) in [5.74, 6) is -2.23. The molecule has 0 aromatic heterocycles. The van der Waals surface area contributed by atoms with Crippen molar-refractivity contribution in [2.45, 2.75) is 39.5 Å². The number of hydrogen-bond donors (Lipinski definition) is 2. The fourth-order valence-electron chi connectivity index (χ4n) is 3.07. The number of benzene rings is 1. The lowest BCUT2D eigenvalue weighted by molar-refractivity contribution is -0.384. The largest absolute Gasteiger partial charge is 0.508 e. The first-order valence-corrected chi connectivity index (χ1v) is 8.89. The molecule has 1 saturated heterocycles. The van der Waals surface area contributed by atoms with E-state index >= 15 is 0 Å². The van der Waals surface area contributed by atoms with Crippen LogP contribution in [0.3, 0.4) is 0 Å². The van der Waals surface area contributed by atoms with Crippen LogP contribution in [0.2, 0.25) is 0 Å². The molecular weight excluding hydrogens is 384 g/mol. The Morgan fingerprint density at radius 2 is 1.93 bits per heavy atom. The number of aliphatic carboxylic acids is 1. The molecule has 0 spiro atoms. The summed E-state index contributed by atoms with van der Waals surface area (Å²) >= 11 is 0. The van der Waals surface area contributed by atoms with Crippen LogP contribution in [-0.2, 0) is 25.7 Å². The number of carboxylic acids is 1. The van der Waals surface area contributed by atoms with E-state index in [0.29, 0.717) is 5.56 Å². The van der Waals surface area contributed by atoms with Gasteiger partial charge in [0.05, 0.1) is 16.9 Å². The zero-order valence-corrected chi connectivity index (χ0v) is 16.2. The molecule has 1 aromatic carbocycles. The third-order valence-corrected chi connectivity index (χ3v) is 4.71. The number of carbonyl (C=O) groups is 3. The van der Waals surface area contributed by atoms with Crippen molar-refractivity contribution in [3.8, 4) is 0 Å². The van der Waals surface area contributed by atoms with Gasteiger partial charge in [-0.05, 0) is 37.5 Å². The van der Waals surface area contributed by atoms with Gasteiger partial charge in [0.25, 0.3) is 5.69 Å². The molecule has 0 bridgehead atoms. The highest BCUT2D eigenvalue weighted by molar-refractivity contribution is 5.88. The summed E-state index contributed by atoms with van der Waals surface area (Å²) < 4.78 is 10.2. The molecule has 1 amide bonds. The summed E-state index contributed by atoms with van der Waals surface area (Å²) in [6.07, 6.45) is -0.211. The topological polar surface area (TPSA) is 145 Å². The van der Waals surface area contributed by atoms with Gasteiger partial charge in [0.1, 0.15) is 12.7 Å². The first-order valence-electron chi connectivity index (χ1n) is 8.89. The number of non-ortho nitro benzene ring substituents is 1. The molecule has 0 aliphatic carbocycles. The monoisotopic (exact) mass is 406 g/mol. The van der Waals surface area contributed by atoms with Gasteiger partial charge in [0, 0.05) is 17.7 Å². The van der Waals surface area contributed by atoms with Crippen molar-refractivity contribution < 1.29 is 33.9 Å². The van der Waals surface area contributed by atoms with E-state index in [9.17, 15) is 24.5 Å². The van der Waals surface area contributed by atoms with E-state index in [1.807, 2.05) is 0 Å². The van der Waals surface area contributed by atoms with Gasteiger partial charge in [-0.1, -0.05) is 13.0 Å². The molecule has 1 aliphatic heterocycles. The maximum Gasteiger partial charge on any atom is 0.508 e. The van der Waals surface area contributed by atoms with Crippen molar-refractivity contribution in [1.82, 2.24) is 5.32 Å². The van der Waals surface area contributed by atoms with Gasteiger partial charge >= 0.3 is 12.1 Å². The van der Waals surface area contributed by atoms with E-state index in [1.165, 1.54) is 31.2 Å². The number of amides is 1. The molecule has 10 nitrogen and oxygen atoms in total. The molecule has 1 fully saturated rings. The van der Waals surface area contributed by atoms with Gasteiger partial charge in [-0.2, -0.15) is 0 Å². The Bertz CT molecular complexity index is 833. The van der Waals surface area contributed by atoms with E-state index in [2.05, 4.69) is 5.32 Å². The molecule has 1 heterocycles. The molecular formula is C19H22N2O8. The molecule has 4 unspecified atom stereocenters. The summed E-state index contributed by atoms with van der Waals surface area (Å²) in [5.41, 5.74) is 0.629. The van der Waals surface area contributed by atoms with Crippen LogP contribution in [0.5, 0.6) is 0 Å². The Balaban J connectivity index is 1.89. The fourth-order valence-corrected chi connectivity index (χ4v) is 3.07. The fraction of sp³-hybridized carbons (Fsp3) is 0.421. The van der Waals surface area contributed by atoms with Gasteiger partial charge in [-0.15, -0.1) is 0 Å². The summed E-state index contributed by atoms with van der Waals surface area (Å²) in [5, 5.41) is 22.3. The van der Waals surface area contributed by atoms with Crippen LogP contribution < -0.4 is 5.32 Å². The van der Waals surface area contributed by atoms with Gasteiger partial charge in [0.15, 0.2) is 0 Å². The highest BCUT2D eigenvalue weighted by Crippen LogP contribution is 2.28. The minimum Gasteiger partial charge on any atom is -0.478 e. The van der Waals surface area contributed by atoms with E-state index in [4.69, 9.17) is 14.6 Å². The summed E-state index contributed by atoms with van der Waals surface area (Å²) in [7, 11) is 0. The van der Waals surface area contributed by atoms with Crippen LogP contribution >= 0.6 is 0 Å². The average molecular weight is 406 g/mol. The zero-order chi connectivity index (χ0) is 21.7. The predicted octanol–water partition coefficient (Wildman–Crippen LogP) is 2.42. The molecule has 1 aromatic rings. The quantitative estimate of drug-likeness (QED) is 0.220. The molecule has 0 radical (unpaired) electrons. The first kappa shape index (κ1) is 21.9. The molecule has 10 heteroatoms. The van der Waals surface area contributed by atoms with Crippen LogP contribution in [0.4, 0.5) is 10.5 Å². The van der Waals surface area contributed by atoms with E-state index < -0.39 is 29.1 Å². The maximum atomic E-state index is 11.9. The molecule has 2 rings (SSSR count). The number of rotatable bonds is 8. The van der Waals surface area contributed by atoms with Crippen LogP contribution in [0.25, 0.3) is 0 Å². The maximum absolute atomic E-state index is 11.9. The molecule has 0 saturated carbocycles. The SMILES string of the molecule is CC(=CC(C)C1NC(=O)C1C(C)OC(=O)OCc1ccc([N+](=O)[O-])cc1)C(=O)O. The average Bonchev–Trinajstić information content (AvgIpc) is 2.64. The number of nitro groups is 1. The third kappa shape index (κ3) is 5.53. The van der Waals surface area contributed by atoms with E-state index in [0.717, 1.165) is 0 Å². The minimum atomic E-state index is -1.04. The highest BCUT2D eigenvalue weighted by atomic mass is 16.7. The number of hydrogen-bond acceptors (Lipinski definition) is 7. The Morgan fingerprint density at radius 1 is 1.31 bits per heavy atom. The van der Waals surface area contributed by atoms with Crippen molar-refractivity contribution in [2.24, 2.45) is 11.8 Å². The number of nitrogens with one attached hydrogen (secondary N) is 1. The lowest BCUT2D eigenvalue weighted by Crippen LogP contribution is -2.64. The smallest absolute Gasteiger partial charge is 0.478 e. The molecule has 2 N–H and O–H groups in total. The molecule has 4 atom stereocenters. The van der Waals surface area contributed by atoms with Crippen molar-refractivity contribution in [3.63, 3.8) is 0 Å². The van der Waals surface area contributed by atoms with Gasteiger partial charge < -0.3 is 19.9 Å². The first-order chi connectivity index (χ1) is 13.6. The second-order valence-corrected chi connectivity index (χ2v) is 6.86. The molecule has 29 heavy (non-hydrogen) atoms.